The Balaban J connectivity index is 1.97. The number of nitrogens with two attached hydrogens (primary N) is 2. The first-order valence-corrected chi connectivity index (χ1v) is 6.67. The van der Waals surface area contributed by atoms with Crippen molar-refractivity contribution >= 4 is 11.7 Å². The molecule has 1 unspecified atom stereocenters. The molecule has 1 atom stereocenters. The standard InChI is InChI=1S/C13H20N6/c1-8-10(11(14)19-15)6-9-2-3-13(4-5-16-7-13)18-12(9)17-8/h6,16H,2-5,7,15H2,1H3,(H2,14,19)(H,17,18). The van der Waals surface area contributed by atoms with Crippen LogP contribution in [0, 0.1) is 6.92 Å². The van der Waals surface area contributed by atoms with Crippen molar-refractivity contribution in [1.82, 2.24) is 10.3 Å². The number of pyridine rings is 1. The van der Waals surface area contributed by atoms with Crippen molar-refractivity contribution in [2.75, 3.05) is 18.4 Å². The Morgan fingerprint density at radius 1 is 1.47 bits per heavy atom. The van der Waals surface area contributed by atoms with E-state index in [-0.39, 0.29) is 5.54 Å². The van der Waals surface area contributed by atoms with Crippen LogP contribution >= 0.6 is 0 Å². The third-order valence-electron chi connectivity index (χ3n) is 4.21. The largest absolute Gasteiger partial charge is 0.382 e. The highest BCUT2D eigenvalue weighted by atomic mass is 15.2. The summed E-state index contributed by atoms with van der Waals surface area (Å²) in [7, 11) is 0. The van der Waals surface area contributed by atoms with E-state index in [4.69, 9.17) is 11.6 Å². The zero-order chi connectivity index (χ0) is 13.5. The minimum atomic E-state index is 0.182. The summed E-state index contributed by atoms with van der Waals surface area (Å²) in [5.74, 6) is 6.58. The second-order valence-corrected chi connectivity index (χ2v) is 5.48. The molecular weight excluding hydrogens is 240 g/mol. The number of nitrogens with zero attached hydrogens (tertiary/aromatic N) is 2. The molecule has 0 amide bonds. The number of hydrazone groups is 1. The van der Waals surface area contributed by atoms with Crippen LogP contribution in [0.1, 0.15) is 29.7 Å². The Morgan fingerprint density at radius 3 is 3.00 bits per heavy atom. The van der Waals surface area contributed by atoms with Gasteiger partial charge >= 0.3 is 0 Å². The number of fused-ring (bicyclic) bond motifs is 1. The highest BCUT2D eigenvalue weighted by molar-refractivity contribution is 5.98. The molecule has 2 aliphatic rings. The van der Waals surface area contributed by atoms with Gasteiger partial charge in [0.15, 0.2) is 5.84 Å². The van der Waals surface area contributed by atoms with Crippen molar-refractivity contribution in [3.05, 3.63) is 22.9 Å². The SMILES string of the molecule is Cc1nc2c(cc1/C(N)=N/N)CCC1(CCNC1)N2. The van der Waals surface area contributed by atoms with Gasteiger partial charge in [0.25, 0.3) is 0 Å². The molecule has 2 aliphatic heterocycles. The lowest BCUT2D eigenvalue weighted by Gasteiger charge is -2.35. The summed E-state index contributed by atoms with van der Waals surface area (Å²) < 4.78 is 0. The summed E-state index contributed by atoms with van der Waals surface area (Å²) in [6.45, 7) is 4.02. The van der Waals surface area contributed by atoms with Crippen LogP contribution in [0.25, 0.3) is 0 Å². The van der Waals surface area contributed by atoms with Crippen molar-refractivity contribution in [3.63, 3.8) is 0 Å². The number of aryl methyl sites for hydroxylation is 2. The minimum Gasteiger partial charge on any atom is -0.382 e. The van der Waals surface area contributed by atoms with Crippen molar-refractivity contribution < 1.29 is 0 Å². The van der Waals surface area contributed by atoms with E-state index in [1.165, 1.54) is 5.56 Å². The summed E-state index contributed by atoms with van der Waals surface area (Å²) in [4.78, 5) is 4.65. The first kappa shape index (κ1) is 12.2. The molecule has 6 N–H and O–H groups in total. The fraction of sp³-hybridized carbons (Fsp3) is 0.538. The fourth-order valence-corrected chi connectivity index (χ4v) is 3.03. The number of hydrogen-bond donors (Lipinski definition) is 4. The average Bonchev–Trinajstić information content (AvgIpc) is 2.85. The number of amidine groups is 1. The summed E-state index contributed by atoms with van der Waals surface area (Å²) in [5.41, 5.74) is 8.88. The molecule has 3 rings (SSSR count). The molecule has 102 valence electrons. The number of nitrogens with one attached hydrogen (secondary N) is 2. The molecule has 0 saturated carbocycles. The van der Waals surface area contributed by atoms with Gasteiger partial charge in [0.1, 0.15) is 5.82 Å². The molecule has 6 heteroatoms. The smallest absolute Gasteiger partial charge is 0.152 e. The van der Waals surface area contributed by atoms with Crippen LogP contribution in [0.2, 0.25) is 0 Å². The average molecular weight is 260 g/mol. The Kier molecular flexibility index (Phi) is 2.82. The highest BCUT2D eigenvalue weighted by Crippen LogP contribution is 2.34. The van der Waals surface area contributed by atoms with Gasteiger partial charge in [-0.2, -0.15) is 5.10 Å². The first-order chi connectivity index (χ1) is 9.13. The third-order valence-corrected chi connectivity index (χ3v) is 4.21. The van der Waals surface area contributed by atoms with E-state index in [0.717, 1.165) is 49.4 Å². The van der Waals surface area contributed by atoms with Gasteiger partial charge in [-0.05, 0) is 44.4 Å². The first-order valence-electron chi connectivity index (χ1n) is 6.67. The third kappa shape index (κ3) is 2.02. The van der Waals surface area contributed by atoms with Crippen LogP contribution in [0.4, 0.5) is 5.82 Å². The Bertz CT molecular complexity index is 530. The van der Waals surface area contributed by atoms with Crippen molar-refractivity contribution in [2.45, 2.75) is 31.7 Å². The maximum atomic E-state index is 5.80. The Morgan fingerprint density at radius 2 is 2.32 bits per heavy atom. The molecule has 1 saturated heterocycles. The van der Waals surface area contributed by atoms with Crippen LogP contribution in [0.3, 0.4) is 0 Å². The molecule has 0 radical (unpaired) electrons. The van der Waals surface area contributed by atoms with Gasteiger partial charge in [0.2, 0.25) is 0 Å². The summed E-state index contributed by atoms with van der Waals surface area (Å²) in [6.07, 6.45) is 3.29. The van der Waals surface area contributed by atoms with Crippen molar-refractivity contribution in [1.29, 1.82) is 0 Å². The molecular formula is C13H20N6. The number of aromatic nitrogens is 1. The van der Waals surface area contributed by atoms with Gasteiger partial charge in [-0.3, -0.25) is 0 Å². The second kappa shape index (κ2) is 4.38. The van der Waals surface area contributed by atoms with Crippen LogP contribution in [0.5, 0.6) is 0 Å². The Hall–Kier alpha value is -1.82. The van der Waals surface area contributed by atoms with E-state index in [0.29, 0.717) is 5.84 Å². The molecule has 6 nitrogen and oxygen atoms in total. The molecule has 19 heavy (non-hydrogen) atoms. The summed E-state index contributed by atoms with van der Waals surface area (Å²) in [5, 5.41) is 10.6. The lowest BCUT2D eigenvalue weighted by Crippen LogP contribution is -2.44. The van der Waals surface area contributed by atoms with Crippen LogP contribution in [-0.2, 0) is 6.42 Å². The zero-order valence-electron chi connectivity index (χ0n) is 11.2. The molecule has 0 aromatic carbocycles. The summed E-state index contributed by atoms with van der Waals surface area (Å²) in [6, 6.07) is 2.06. The van der Waals surface area contributed by atoms with Crippen LogP contribution in [0.15, 0.2) is 11.2 Å². The highest BCUT2D eigenvalue weighted by Gasteiger charge is 2.37. The van der Waals surface area contributed by atoms with E-state index < -0.39 is 0 Å². The number of rotatable bonds is 1. The maximum absolute atomic E-state index is 5.80. The molecule has 1 aromatic rings. The van der Waals surface area contributed by atoms with E-state index in [1.54, 1.807) is 0 Å². The molecule has 0 aliphatic carbocycles. The summed E-state index contributed by atoms with van der Waals surface area (Å²) >= 11 is 0. The molecule has 3 heterocycles. The van der Waals surface area contributed by atoms with Gasteiger partial charge in [-0.15, -0.1) is 0 Å². The maximum Gasteiger partial charge on any atom is 0.152 e. The van der Waals surface area contributed by atoms with Crippen molar-refractivity contribution in [2.24, 2.45) is 16.7 Å². The lowest BCUT2D eigenvalue weighted by molar-refractivity contribution is 0.454. The predicted octanol–water partition coefficient (Wildman–Crippen LogP) is 0.0592. The molecule has 0 bridgehead atoms. The Labute approximate surface area is 112 Å². The van der Waals surface area contributed by atoms with E-state index in [2.05, 4.69) is 26.8 Å². The molecule has 1 fully saturated rings. The van der Waals surface area contributed by atoms with Crippen molar-refractivity contribution in [3.8, 4) is 0 Å². The van der Waals surface area contributed by atoms with Gasteiger partial charge in [0, 0.05) is 12.1 Å². The van der Waals surface area contributed by atoms with Crippen LogP contribution < -0.4 is 22.2 Å². The quantitative estimate of drug-likeness (QED) is 0.247. The van der Waals surface area contributed by atoms with Gasteiger partial charge in [-0.25, -0.2) is 4.98 Å². The van der Waals surface area contributed by atoms with Gasteiger partial charge in [0.05, 0.1) is 11.2 Å². The zero-order valence-corrected chi connectivity index (χ0v) is 11.2. The number of hydrogen-bond acceptors (Lipinski definition) is 5. The minimum absolute atomic E-state index is 0.182. The lowest BCUT2D eigenvalue weighted by atomic mass is 9.86. The second-order valence-electron chi connectivity index (χ2n) is 5.48. The van der Waals surface area contributed by atoms with E-state index in [1.807, 2.05) is 6.92 Å². The van der Waals surface area contributed by atoms with E-state index in [9.17, 15) is 0 Å². The predicted molar refractivity (Wildman–Crippen MR) is 76.0 cm³/mol. The normalized spacial score (nSPS) is 26.3. The van der Waals surface area contributed by atoms with Gasteiger partial charge < -0.3 is 22.2 Å². The molecule has 1 spiro atoms. The monoisotopic (exact) mass is 260 g/mol. The fourth-order valence-electron chi connectivity index (χ4n) is 3.03. The topological polar surface area (TPSA) is 101 Å². The van der Waals surface area contributed by atoms with E-state index >= 15 is 0 Å². The molecule has 1 aromatic heterocycles. The van der Waals surface area contributed by atoms with Crippen LogP contribution in [-0.4, -0.2) is 29.4 Å². The number of anilines is 1. The van der Waals surface area contributed by atoms with Gasteiger partial charge in [-0.1, -0.05) is 0 Å².